The van der Waals surface area contributed by atoms with Gasteiger partial charge in [0.15, 0.2) is 0 Å². The van der Waals surface area contributed by atoms with Gasteiger partial charge in [-0.2, -0.15) is 0 Å². The third-order valence-corrected chi connectivity index (χ3v) is 6.66. The molecule has 1 aliphatic heterocycles. The van der Waals surface area contributed by atoms with E-state index in [0.29, 0.717) is 18.0 Å². The second kappa shape index (κ2) is 9.06. The van der Waals surface area contributed by atoms with Crippen LogP contribution in [0.2, 0.25) is 0 Å². The molecule has 31 heavy (non-hydrogen) atoms. The van der Waals surface area contributed by atoms with Crippen LogP contribution >= 0.6 is 11.3 Å². The Balaban J connectivity index is 1.80. The number of benzene rings is 2. The Hall–Kier alpha value is -2.92. The molecule has 0 spiro atoms. The monoisotopic (exact) mass is 432 g/mol. The van der Waals surface area contributed by atoms with Gasteiger partial charge in [0.2, 0.25) is 5.91 Å². The number of hydrogen-bond donors (Lipinski definition) is 1. The van der Waals surface area contributed by atoms with Crippen LogP contribution in [0, 0.1) is 5.92 Å². The maximum absolute atomic E-state index is 13.7. The first-order valence-electron chi connectivity index (χ1n) is 10.8. The van der Waals surface area contributed by atoms with Crippen LogP contribution in [0.4, 0.5) is 5.69 Å². The molecule has 1 N–H and O–H groups in total. The van der Waals surface area contributed by atoms with E-state index in [0.717, 1.165) is 22.5 Å². The Kier molecular flexibility index (Phi) is 6.23. The molecule has 5 heteroatoms. The van der Waals surface area contributed by atoms with Crippen molar-refractivity contribution in [3.05, 3.63) is 87.6 Å². The molecule has 0 saturated heterocycles. The van der Waals surface area contributed by atoms with Crippen LogP contribution in [0.5, 0.6) is 0 Å². The number of thiophene rings is 1. The molecule has 2 atom stereocenters. The van der Waals surface area contributed by atoms with Crippen molar-refractivity contribution in [1.29, 1.82) is 0 Å². The number of aryl methyl sites for hydroxylation is 1. The van der Waals surface area contributed by atoms with E-state index in [9.17, 15) is 9.59 Å². The summed E-state index contributed by atoms with van der Waals surface area (Å²) >= 11 is 1.60. The van der Waals surface area contributed by atoms with Gasteiger partial charge in [0.25, 0.3) is 5.91 Å². The van der Waals surface area contributed by atoms with Crippen molar-refractivity contribution in [3.8, 4) is 0 Å². The van der Waals surface area contributed by atoms with E-state index < -0.39 is 5.92 Å². The molecule has 0 bridgehead atoms. The molecule has 1 aliphatic rings. The summed E-state index contributed by atoms with van der Waals surface area (Å²) in [6.45, 7) is 6.90. The number of rotatable bonds is 6. The highest BCUT2D eigenvalue weighted by molar-refractivity contribution is 7.10. The Labute approximate surface area is 187 Å². The van der Waals surface area contributed by atoms with Crippen LogP contribution in [-0.4, -0.2) is 23.3 Å². The fourth-order valence-electron chi connectivity index (χ4n) is 4.33. The van der Waals surface area contributed by atoms with E-state index in [2.05, 4.69) is 32.2 Å². The van der Waals surface area contributed by atoms with E-state index in [1.54, 1.807) is 11.3 Å². The van der Waals surface area contributed by atoms with Crippen molar-refractivity contribution < 1.29 is 9.59 Å². The van der Waals surface area contributed by atoms with Crippen LogP contribution in [0.1, 0.15) is 59.1 Å². The fraction of sp³-hybridized carbons (Fsp3) is 0.308. The summed E-state index contributed by atoms with van der Waals surface area (Å²) in [5.41, 5.74) is 3.39. The minimum Gasteiger partial charge on any atom is -0.329 e. The lowest BCUT2D eigenvalue weighted by Gasteiger charge is -2.42. The predicted molar refractivity (Wildman–Crippen MR) is 127 cm³/mol. The Morgan fingerprint density at radius 3 is 2.61 bits per heavy atom. The second-order valence-corrected chi connectivity index (χ2v) is 9.40. The molecule has 3 aromatic rings. The zero-order chi connectivity index (χ0) is 22.0. The van der Waals surface area contributed by atoms with E-state index in [-0.39, 0.29) is 17.9 Å². The number of nitrogens with one attached hydrogen (secondary N) is 1. The van der Waals surface area contributed by atoms with Crippen molar-refractivity contribution in [2.24, 2.45) is 5.92 Å². The highest BCUT2D eigenvalue weighted by Gasteiger charge is 2.44. The highest BCUT2D eigenvalue weighted by atomic mass is 32.1. The van der Waals surface area contributed by atoms with Crippen molar-refractivity contribution >= 4 is 28.8 Å². The lowest BCUT2D eigenvalue weighted by atomic mass is 9.81. The number of nitrogens with zero attached hydrogens (tertiary/aromatic N) is 1. The number of amides is 2. The third-order valence-electron chi connectivity index (χ3n) is 5.72. The molecule has 2 unspecified atom stereocenters. The molecule has 160 valence electrons. The minimum atomic E-state index is -0.475. The molecule has 0 aliphatic carbocycles. The molecular formula is C26H28N2O2S. The van der Waals surface area contributed by atoms with Gasteiger partial charge in [-0.15, -0.1) is 11.3 Å². The molecule has 0 radical (unpaired) electrons. The fourth-order valence-corrected chi connectivity index (χ4v) is 5.21. The van der Waals surface area contributed by atoms with Gasteiger partial charge < -0.3 is 10.2 Å². The second-order valence-electron chi connectivity index (χ2n) is 8.42. The standard InChI is InChI=1S/C26H28N2O2S/c1-4-18-9-7-10-19(15-18)27-25(29)23-20-11-5-6-12-21(20)26(30)28(16-17(2)3)24(23)22-13-8-14-31-22/h5-15,17,23-24H,4,16H2,1-3H3,(H,27,29). The average molecular weight is 433 g/mol. The summed E-state index contributed by atoms with van der Waals surface area (Å²) < 4.78 is 0. The van der Waals surface area contributed by atoms with Gasteiger partial charge in [-0.1, -0.05) is 57.2 Å². The molecule has 2 aromatic carbocycles. The maximum Gasteiger partial charge on any atom is 0.254 e. The topological polar surface area (TPSA) is 49.4 Å². The lowest BCUT2D eigenvalue weighted by Crippen LogP contribution is -2.47. The number of carbonyl (C=O) groups is 2. The summed E-state index contributed by atoms with van der Waals surface area (Å²) in [7, 11) is 0. The van der Waals surface area contributed by atoms with Gasteiger partial charge in [-0.05, 0) is 53.1 Å². The van der Waals surface area contributed by atoms with Crippen LogP contribution in [-0.2, 0) is 11.2 Å². The SMILES string of the molecule is CCc1cccc(NC(=O)C2c3ccccc3C(=O)N(CC(C)C)C2c2cccs2)c1. The Bertz CT molecular complexity index is 1070. The molecular weight excluding hydrogens is 404 g/mol. The van der Waals surface area contributed by atoms with Crippen molar-refractivity contribution in [1.82, 2.24) is 4.90 Å². The van der Waals surface area contributed by atoms with Crippen LogP contribution in [0.3, 0.4) is 0 Å². The maximum atomic E-state index is 13.7. The highest BCUT2D eigenvalue weighted by Crippen LogP contribution is 2.45. The predicted octanol–water partition coefficient (Wildman–Crippen LogP) is 5.89. The largest absolute Gasteiger partial charge is 0.329 e. The summed E-state index contributed by atoms with van der Waals surface area (Å²) in [4.78, 5) is 30.1. The molecule has 1 aromatic heterocycles. The van der Waals surface area contributed by atoms with E-state index in [4.69, 9.17) is 0 Å². The van der Waals surface area contributed by atoms with Gasteiger partial charge >= 0.3 is 0 Å². The number of carbonyl (C=O) groups excluding carboxylic acids is 2. The quantitative estimate of drug-likeness (QED) is 0.528. The first-order chi connectivity index (χ1) is 15.0. The summed E-state index contributed by atoms with van der Waals surface area (Å²) in [5, 5.41) is 5.14. The Morgan fingerprint density at radius 1 is 1.10 bits per heavy atom. The molecule has 4 nitrogen and oxygen atoms in total. The number of anilines is 1. The van der Waals surface area contributed by atoms with Crippen molar-refractivity contribution in [2.45, 2.75) is 39.2 Å². The number of hydrogen-bond acceptors (Lipinski definition) is 3. The lowest BCUT2D eigenvalue weighted by molar-refractivity contribution is -0.119. The van der Waals surface area contributed by atoms with Gasteiger partial charge in [0.05, 0.1) is 12.0 Å². The van der Waals surface area contributed by atoms with Gasteiger partial charge in [0, 0.05) is 22.7 Å². The summed E-state index contributed by atoms with van der Waals surface area (Å²) in [6.07, 6.45) is 0.907. The van der Waals surface area contributed by atoms with Crippen LogP contribution < -0.4 is 5.32 Å². The van der Waals surface area contributed by atoms with Gasteiger partial charge in [0.1, 0.15) is 0 Å². The van der Waals surface area contributed by atoms with E-state index >= 15 is 0 Å². The average Bonchev–Trinajstić information content (AvgIpc) is 3.29. The van der Waals surface area contributed by atoms with Crippen molar-refractivity contribution in [3.63, 3.8) is 0 Å². The van der Waals surface area contributed by atoms with Gasteiger partial charge in [-0.25, -0.2) is 0 Å². The van der Waals surface area contributed by atoms with Crippen molar-refractivity contribution in [2.75, 3.05) is 11.9 Å². The molecule has 0 fully saturated rings. The summed E-state index contributed by atoms with van der Waals surface area (Å²) in [5.74, 6) is -0.265. The van der Waals surface area contributed by atoms with Gasteiger partial charge in [-0.3, -0.25) is 9.59 Å². The van der Waals surface area contributed by atoms with Crippen LogP contribution in [0.25, 0.3) is 0 Å². The third kappa shape index (κ3) is 4.28. The molecule has 0 saturated carbocycles. The normalized spacial score (nSPS) is 18.2. The smallest absolute Gasteiger partial charge is 0.254 e. The zero-order valence-corrected chi connectivity index (χ0v) is 19.0. The molecule has 2 heterocycles. The first-order valence-corrected chi connectivity index (χ1v) is 11.7. The van der Waals surface area contributed by atoms with E-state index in [1.807, 2.05) is 64.9 Å². The zero-order valence-electron chi connectivity index (χ0n) is 18.2. The Morgan fingerprint density at radius 2 is 1.90 bits per heavy atom. The first kappa shape index (κ1) is 21.3. The minimum absolute atomic E-state index is 0.000250. The molecule has 4 rings (SSSR count). The van der Waals surface area contributed by atoms with E-state index in [1.165, 1.54) is 5.56 Å². The number of fused-ring (bicyclic) bond motifs is 1. The van der Waals surface area contributed by atoms with Crippen LogP contribution in [0.15, 0.2) is 66.0 Å². The molecule has 2 amide bonds. The summed E-state index contributed by atoms with van der Waals surface area (Å²) in [6, 6.07) is 19.2.